The predicted octanol–water partition coefficient (Wildman–Crippen LogP) is 2.36. The van der Waals surface area contributed by atoms with Crippen molar-refractivity contribution in [2.24, 2.45) is 5.92 Å². The molecule has 0 saturated carbocycles. The maximum absolute atomic E-state index is 12.1. The first-order valence-electron chi connectivity index (χ1n) is 8.63. The molecule has 26 heavy (non-hydrogen) atoms. The number of hydrogen-bond donors (Lipinski definition) is 2. The Hall–Kier alpha value is -2.83. The van der Waals surface area contributed by atoms with Gasteiger partial charge in [0, 0.05) is 30.5 Å². The second-order valence-electron chi connectivity index (χ2n) is 6.39. The van der Waals surface area contributed by atoms with E-state index in [1.54, 1.807) is 0 Å². The molecule has 0 bridgehead atoms. The Labute approximate surface area is 153 Å². The molecule has 0 fully saturated rings. The fourth-order valence-electron chi connectivity index (χ4n) is 2.66. The summed E-state index contributed by atoms with van der Waals surface area (Å²) in [5.74, 6) is 0.348. The number of carbonyl (C=O) groups excluding carboxylic acids is 2. The summed E-state index contributed by atoms with van der Waals surface area (Å²) in [4.78, 5) is 28.3. The maximum Gasteiger partial charge on any atom is 0.328 e. The fourth-order valence-corrected chi connectivity index (χ4v) is 2.66. The number of nitrogens with zero attached hydrogens (tertiary/aromatic N) is 2. The summed E-state index contributed by atoms with van der Waals surface area (Å²) in [7, 11) is 1.31. The summed E-state index contributed by atoms with van der Waals surface area (Å²) in [6, 6.07) is 8.83. The topological polar surface area (TPSA) is 85.2 Å². The molecule has 0 aliphatic rings. The molecule has 1 aromatic carbocycles. The van der Waals surface area contributed by atoms with Gasteiger partial charge in [-0.2, -0.15) is 0 Å². The molecule has 140 valence electrons. The normalized spacial score (nSPS) is 11.9. The van der Waals surface area contributed by atoms with Crippen LogP contribution < -0.4 is 10.6 Å². The Morgan fingerprint density at radius 3 is 2.54 bits per heavy atom. The molecule has 2 amide bonds. The Bertz CT molecular complexity index is 740. The summed E-state index contributed by atoms with van der Waals surface area (Å²) in [5, 5.41) is 5.44. The summed E-state index contributed by atoms with van der Waals surface area (Å²) < 4.78 is 6.78. The van der Waals surface area contributed by atoms with Crippen molar-refractivity contribution in [3.8, 4) is 11.4 Å². The highest BCUT2D eigenvalue weighted by Crippen LogP contribution is 2.18. The molecule has 1 atom stereocenters. The monoisotopic (exact) mass is 358 g/mol. The molecule has 7 nitrogen and oxygen atoms in total. The lowest BCUT2D eigenvalue weighted by molar-refractivity contribution is -0.143. The molecule has 0 aliphatic carbocycles. The van der Waals surface area contributed by atoms with E-state index >= 15 is 0 Å². The molecule has 1 heterocycles. The molecule has 1 unspecified atom stereocenters. The van der Waals surface area contributed by atoms with Gasteiger partial charge in [0.1, 0.15) is 11.9 Å². The van der Waals surface area contributed by atoms with Crippen LogP contribution in [0.3, 0.4) is 0 Å². The number of ether oxygens (including phenoxy) is 1. The van der Waals surface area contributed by atoms with Gasteiger partial charge in [-0.05, 0) is 12.8 Å². The van der Waals surface area contributed by atoms with Crippen molar-refractivity contribution in [1.82, 2.24) is 20.2 Å². The van der Waals surface area contributed by atoms with E-state index in [0.29, 0.717) is 13.1 Å². The number of aromatic nitrogens is 2. The van der Waals surface area contributed by atoms with Gasteiger partial charge >= 0.3 is 12.0 Å². The lowest BCUT2D eigenvalue weighted by Gasteiger charge is -2.20. The molecule has 0 saturated heterocycles. The minimum atomic E-state index is -0.671. The first kappa shape index (κ1) is 19.5. The minimum Gasteiger partial charge on any atom is -0.467 e. The summed E-state index contributed by atoms with van der Waals surface area (Å²) in [6.45, 7) is 6.67. The van der Waals surface area contributed by atoms with Crippen molar-refractivity contribution in [3.63, 3.8) is 0 Å². The van der Waals surface area contributed by atoms with Crippen molar-refractivity contribution in [2.45, 2.75) is 33.4 Å². The first-order chi connectivity index (χ1) is 12.4. The predicted molar refractivity (Wildman–Crippen MR) is 99.6 cm³/mol. The zero-order valence-electron chi connectivity index (χ0n) is 15.7. The number of carbonyl (C=O) groups is 2. The van der Waals surface area contributed by atoms with Crippen LogP contribution in [0.2, 0.25) is 0 Å². The van der Waals surface area contributed by atoms with E-state index in [4.69, 9.17) is 4.74 Å². The Kier molecular flexibility index (Phi) is 6.77. The molecule has 1 aromatic heterocycles. The van der Waals surface area contributed by atoms with Crippen LogP contribution in [0.15, 0.2) is 36.5 Å². The third kappa shape index (κ3) is 4.84. The van der Waals surface area contributed by atoms with Crippen LogP contribution in [-0.4, -0.2) is 41.2 Å². The SMILES string of the molecule is COC(=O)C(NC(=O)NCCn1c(C)cnc1-c1ccccc1)C(C)C. The molecule has 2 aromatic rings. The van der Waals surface area contributed by atoms with E-state index < -0.39 is 18.0 Å². The maximum atomic E-state index is 12.1. The molecule has 2 N–H and O–H groups in total. The standard InChI is InChI=1S/C19H26N4O3/c1-13(2)16(18(24)26-4)22-19(25)20-10-11-23-14(3)12-21-17(23)15-8-6-5-7-9-15/h5-9,12-13,16H,10-11H2,1-4H3,(H2,20,22,25). The van der Waals surface area contributed by atoms with Crippen molar-refractivity contribution in [2.75, 3.05) is 13.7 Å². The molecule has 7 heteroatoms. The summed E-state index contributed by atoms with van der Waals surface area (Å²) >= 11 is 0. The van der Waals surface area contributed by atoms with Crippen molar-refractivity contribution in [3.05, 3.63) is 42.2 Å². The number of urea groups is 1. The fraction of sp³-hybridized carbons (Fsp3) is 0.421. The lowest BCUT2D eigenvalue weighted by Crippen LogP contribution is -2.49. The second-order valence-corrected chi connectivity index (χ2v) is 6.39. The van der Waals surface area contributed by atoms with E-state index in [0.717, 1.165) is 17.1 Å². The number of amides is 2. The molecule has 2 rings (SSSR count). The highest BCUT2D eigenvalue weighted by molar-refractivity contribution is 5.83. The minimum absolute atomic E-state index is 0.0613. The second kappa shape index (κ2) is 9.03. The molecule has 0 radical (unpaired) electrons. The number of benzene rings is 1. The van der Waals surface area contributed by atoms with E-state index in [1.807, 2.05) is 57.3 Å². The number of nitrogens with one attached hydrogen (secondary N) is 2. The van der Waals surface area contributed by atoms with Crippen LogP contribution in [0.25, 0.3) is 11.4 Å². The van der Waals surface area contributed by atoms with E-state index in [1.165, 1.54) is 7.11 Å². The first-order valence-corrected chi connectivity index (χ1v) is 8.63. The highest BCUT2D eigenvalue weighted by Gasteiger charge is 2.24. The number of imidazole rings is 1. The van der Waals surface area contributed by atoms with Gasteiger partial charge in [-0.1, -0.05) is 44.2 Å². The Morgan fingerprint density at radius 1 is 1.23 bits per heavy atom. The van der Waals surface area contributed by atoms with Gasteiger partial charge in [0.25, 0.3) is 0 Å². The van der Waals surface area contributed by atoms with Gasteiger partial charge in [0.2, 0.25) is 0 Å². The average Bonchev–Trinajstić information content (AvgIpc) is 3.00. The summed E-state index contributed by atoms with van der Waals surface area (Å²) in [5.41, 5.74) is 2.04. The van der Waals surface area contributed by atoms with Gasteiger partial charge in [-0.25, -0.2) is 14.6 Å². The highest BCUT2D eigenvalue weighted by atomic mass is 16.5. The van der Waals surface area contributed by atoms with Crippen molar-refractivity contribution < 1.29 is 14.3 Å². The van der Waals surface area contributed by atoms with Crippen molar-refractivity contribution in [1.29, 1.82) is 0 Å². The number of hydrogen-bond acceptors (Lipinski definition) is 4. The third-order valence-corrected chi connectivity index (χ3v) is 4.12. The van der Waals surface area contributed by atoms with Gasteiger partial charge in [0.15, 0.2) is 0 Å². The Morgan fingerprint density at radius 2 is 1.92 bits per heavy atom. The molecule has 0 spiro atoms. The molecular formula is C19H26N4O3. The molecule has 0 aliphatic heterocycles. The van der Waals surface area contributed by atoms with Gasteiger partial charge < -0.3 is 19.9 Å². The van der Waals surface area contributed by atoms with E-state index in [9.17, 15) is 9.59 Å². The third-order valence-electron chi connectivity index (χ3n) is 4.12. The van der Waals surface area contributed by atoms with Crippen LogP contribution in [-0.2, 0) is 16.1 Å². The summed E-state index contributed by atoms with van der Waals surface area (Å²) in [6.07, 6.45) is 1.81. The largest absolute Gasteiger partial charge is 0.467 e. The zero-order chi connectivity index (χ0) is 19.1. The van der Waals surface area contributed by atoms with E-state index in [-0.39, 0.29) is 5.92 Å². The van der Waals surface area contributed by atoms with Crippen LogP contribution in [0.5, 0.6) is 0 Å². The van der Waals surface area contributed by atoms with Gasteiger partial charge in [-0.15, -0.1) is 0 Å². The number of methoxy groups -OCH3 is 1. The van der Waals surface area contributed by atoms with Crippen LogP contribution in [0.4, 0.5) is 4.79 Å². The Balaban J connectivity index is 1.95. The molecular weight excluding hydrogens is 332 g/mol. The lowest BCUT2D eigenvalue weighted by atomic mass is 10.1. The smallest absolute Gasteiger partial charge is 0.328 e. The van der Waals surface area contributed by atoms with Gasteiger partial charge in [0.05, 0.1) is 7.11 Å². The number of rotatable bonds is 7. The average molecular weight is 358 g/mol. The van der Waals surface area contributed by atoms with E-state index in [2.05, 4.69) is 20.2 Å². The quantitative estimate of drug-likeness (QED) is 0.744. The number of aryl methyl sites for hydroxylation is 1. The van der Waals surface area contributed by atoms with Crippen LogP contribution >= 0.6 is 0 Å². The van der Waals surface area contributed by atoms with Crippen LogP contribution in [0, 0.1) is 12.8 Å². The van der Waals surface area contributed by atoms with Crippen molar-refractivity contribution >= 4 is 12.0 Å². The van der Waals surface area contributed by atoms with Gasteiger partial charge in [-0.3, -0.25) is 0 Å². The zero-order valence-corrected chi connectivity index (χ0v) is 15.7. The number of esters is 1. The van der Waals surface area contributed by atoms with Crippen LogP contribution in [0.1, 0.15) is 19.5 Å².